The third-order valence-electron chi connectivity index (χ3n) is 3.09. The molecule has 0 aliphatic heterocycles. The van der Waals surface area contributed by atoms with Crippen LogP contribution in [0.15, 0.2) is 23.4 Å². The van der Waals surface area contributed by atoms with Crippen molar-refractivity contribution >= 4 is 40.4 Å². The normalized spacial score (nSPS) is 12.5. The molecule has 0 aliphatic carbocycles. The van der Waals surface area contributed by atoms with Gasteiger partial charge in [0.25, 0.3) is 0 Å². The molecule has 1 atom stereocenters. The number of ether oxygens (including phenoxy) is 2. The van der Waals surface area contributed by atoms with Crippen molar-refractivity contribution in [3.05, 3.63) is 23.2 Å². The number of hydrogen-bond acceptors (Lipinski definition) is 5. The zero-order valence-electron chi connectivity index (χ0n) is 12.8. The second-order valence-electron chi connectivity index (χ2n) is 4.68. The summed E-state index contributed by atoms with van der Waals surface area (Å²) in [5, 5.41) is 1.07. The fourth-order valence-corrected chi connectivity index (χ4v) is 3.15. The summed E-state index contributed by atoms with van der Waals surface area (Å²) in [7, 11) is 1.66. The van der Waals surface area contributed by atoms with Crippen molar-refractivity contribution in [2.75, 3.05) is 20.3 Å². The molecule has 0 bridgehead atoms. The van der Waals surface area contributed by atoms with Gasteiger partial charge >= 0.3 is 5.97 Å². The number of carbonyl (C=O) groups excluding carboxylic acids is 1. The molecule has 5 nitrogen and oxygen atoms in total. The number of hydrogen-bond donors (Lipinski definition) is 0. The lowest BCUT2D eigenvalue weighted by Crippen LogP contribution is -2.18. The van der Waals surface area contributed by atoms with E-state index in [2.05, 4.69) is 4.98 Å². The van der Waals surface area contributed by atoms with Crippen molar-refractivity contribution in [3.63, 3.8) is 0 Å². The summed E-state index contributed by atoms with van der Waals surface area (Å²) < 4.78 is 12.2. The molecule has 120 valence electrons. The van der Waals surface area contributed by atoms with E-state index in [1.54, 1.807) is 14.0 Å². The molecule has 0 aliphatic rings. The van der Waals surface area contributed by atoms with E-state index in [0.717, 1.165) is 16.2 Å². The summed E-state index contributed by atoms with van der Waals surface area (Å²) in [6.45, 7) is 5.21. The molecule has 1 heterocycles. The Labute approximate surface area is 138 Å². The summed E-state index contributed by atoms with van der Waals surface area (Å²) in [6.07, 6.45) is 0. The molecule has 1 aromatic carbocycles. The lowest BCUT2D eigenvalue weighted by atomic mass is 10.3. The Hall–Kier alpha value is -1.24. The molecule has 1 aromatic heterocycles. The minimum atomic E-state index is -0.325. The average Bonchev–Trinajstić information content (AvgIpc) is 2.81. The molecule has 0 fully saturated rings. The lowest BCUT2D eigenvalue weighted by molar-refractivity contribution is -0.142. The molecule has 0 N–H and O–H groups in total. The molecule has 0 spiro atoms. The SMILES string of the molecule is CCOC(=O)C(C)Sc1nc2cc(Cl)ccc2n1CCOC. The van der Waals surface area contributed by atoms with Crippen LogP contribution in [0.1, 0.15) is 13.8 Å². The van der Waals surface area contributed by atoms with E-state index in [-0.39, 0.29) is 11.2 Å². The Morgan fingerprint density at radius 1 is 1.50 bits per heavy atom. The Kier molecular flexibility index (Phi) is 6.11. The van der Waals surface area contributed by atoms with Crippen molar-refractivity contribution in [3.8, 4) is 0 Å². The van der Waals surface area contributed by atoms with Gasteiger partial charge in [-0.1, -0.05) is 23.4 Å². The van der Waals surface area contributed by atoms with E-state index < -0.39 is 0 Å². The highest BCUT2D eigenvalue weighted by Gasteiger charge is 2.20. The van der Waals surface area contributed by atoms with E-state index in [1.165, 1.54) is 11.8 Å². The number of halogens is 1. The first-order chi connectivity index (χ1) is 10.6. The molecule has 22 heavy (non-hydrogen) atoms. The Morgan fingerprint density at radius 2 is 2.27 bits per heavy atom. The van der Waals surface area contributed by atoms with Crippen LogP contribution in [0.2, 0.25) is 5.02 Å². The third-order valence-corrected chi connectivity index (χ3v) is 4.40. The van der Waals surface area contributed by atoms with Gasteiger partial charge in [0.05, 0.1) is 24.2 Å². The number of esters is 1. The molecule has 0 saturated carbocycles. The van der Waals surface area contributed by atoms with Crippen LogP contribution < -0.4 is 0 Å². The maximum atomic E-state index is 11.8. The van der Waals surface area contributed by atoms with Crippen LogP contribution in [0.3, 0.4) is 0 Å². The highest BCUT2D eigenvalue weighted by molar-refractivity contribution is 8.00. The highest BCUT2D eigenvalue weighted by atomic mass is 35.5. The van der Waals surface area contributed by atoms with Crippen molar-refractivity contribution < 1.29 is 14.3 Å². The van der Waals surface area contributed by atoms with Gasteiger partial charge in [-0.15, -0.1) is 0 Å². The maximum absolute atomic E-state index is 11.8. The predicted octanol–water partition coefficient (Wildman–Crippen LogP) is 3.38. The van der Waals surface area contributed by atoms with Gasteiger partial charge in [0, 0.05) is 18.7 Å². The second-order valence-corrected chi connectivity index (χ2v) is 6.43. The predicted molar refractivity (Wildman–Crippen MR) is 88.6 cm³/mol. The van der Waals surface area contributed by atoms with Crippen LogP contribution in [0.25, 0.3) is 11.0 Å². The first-order valence-electron chi connectivity index (χ1n) is 7.04. The van der Waals surface area contributed by atoms with Crippen LogP contribution in [0.5, 0.6) is 0 Å². The highest BCUT2D eigenvalue weighted by Crippen LogP contribution is 2.29. The summed E-state index contributed by atoms with van der Waals surface area (Å²) in [6, 6.07) is 5.58. The largest absolute Gasteiger partial charge is 0.465 e. The first-order valence-corrected chi connectivity index (χ1v) is 8.30. The summed E-state index contributed by atoms with van der Waals surface area (Å²) >= 11 is 7.41. The summed E-state index contributed by atoms with van der Waals surface area (Å²) in [5.74, 6) is -0.240. The molecular formula is C15H19ClN2O3S. The van der Waals surface area contributed by atoms with E-state index in [9.17, 15) is 4.79 Å². The molecule has 2 aromatic rings. The molecule has 1 unspecified atom stereocenters. The smallest absolute Gasteiger partial charge is 0.319 e. The first kappa shape index (κ1) is 17.1. The lowest BCUT2D eigenvalue weighted by Gasteiger charge is -2.12. The van der Waals surface area contributed by atoms with Crippen LogP contribution in [-0.4, -0.2) is 41.1 Å². The fourth-order valence-electron chi connectivity index (χ4n) is 2.04. The van der Waals surface area contributed by atoms with Gasteiger partial charge in [0.15, 0.2) is 5.16 Å². The third kappa shape index (κ3) is 3.94. The molecule has 0 radical (unpaired) electrons. The van der Waals surface area contributed by atoms with Gasteiger partial charge in [-0.3, -0.25) is 4.79 Å². The summed E-state index contributed by atoms with van der Waals surface area (Å²) in [5.41, 5.74) is 1.78. The summed E-state index contributed by atoms with van der Waals surface area (Å²) in [4.78, 5) is 16.4. The van der Waals surface area contributed by atoms with Crippen molar-refractivity contribution in [2.24, 2.45) is 0 Å². The maximum Gasteiger partial charge on any atom is 0.319 e. The Bertz CT molecular complexity index is 660. The number of aromatic nitrogens is 2. The Morgan fingerprint density at radius 3 is 2.95 bits per heavy atom. The van der Waals surface area contributed by atoms with Crippen LogP contribution in [0, 0.1) is 0 Å². The average molecular weight is 343 g/mol. The topological polar surface area (TPSA) is 53.3 Å². The monoisotopic (exact) mass is 342 g/mol. The zero-order valence-corrected chi connectivity index (χ0v) is 14.4. The van der Waals surface area contributed by atoms with Crippen LogP contribution in [0.4, 0.5) is 0 Å². The van der Waals surface area contributed by atoms with E-state index >= 15 is 0 Å². The standard InChI is InChI=1S/C15H19ClN2O3S/c1-4-21-14(19)10(2)22-15-17-12-9-11(16)5-6-13(12)18(15)7-8-20-3/h5-6,9-10H,4,7-8H2,1-3H3. The molecular weight excluding hydrogens is 324 g/mol. The molecule has 7 heteroatoms. The van der Waals surface area contributed by atoms with Gasteiger partial charge in [0.1, 0.15) is 5.25 Å². The van der Waals surface area contributed by atoms with E-state index in [4.69, 9.17) is 21.1 Å². The van der Waals surface area contributed by atoms with Gasteiger partial charge in [-0.25, -0.2) is 4.98 Å². The number of nitrogens with zero attached hydrogens (tertiary/aromatic N) is 2. The van der Waals surface area contributed by atoms with Crippen LogP contribution >= 0.6 is 23.4 Å². The number of thioether (sulfide) groups is 1. The minimum Gasteiger partial charge on any atom is -0.465 e. The molecule has 0 saturated heterocycles. The van der Waals surface area contributed by atoms with Crippen molar-refractivity contribution in [1.82, 2.24) is 9.55 Å². The number of carbonyl (C=O) groups is 1. The number of imidazole rings is 1. The van der Waals surface area contributed by atoms with Crippen LogP contribution in [-0.2, 0) is 20.8 Å². The second kappa shape index (κ2) is 7.85. The fraction of sp³-hybridized carbons (Fsp3) is 0.467. The number of methoxy groups -OCH3 is 1. The zero-order chi connectivity index (χ0) is 16.1. The quantitative estimate of drug-likeness (QED) is 0.570. The molecule has 2 rings (SSSR count). The number of benzene rings is 1. The number of fused-ring (bicyclic) bond motifs is 1. The Balaban J connectivity index is 2.32. The number of rotatable bonds is 7. The minimum absolute atomic E-state index is 0.240. The van der Waals surface area contributed by atoms with Gasteiger partial charge in [-0.2, -0.15) is 0 Å². The van der Waals surface area contributed by atoms with Crippen molar-refractivity contribution in [1.29, 1.82) is 0 Å². The van der Waals surface area contributed by atoms with Gasteiger partial charge in [-0.05, 0) is 32.0 Å². The van der Waals surface area contributed by atoms with Crippen molar-refractivity contribution in [2.45, 2.75) is 30.8 Å². The van der Waals surface area contributed by atoms with E-state index in [0.29, 0.717) is 24.8 Å². The van der Waals surface area contributed by atoms with Gasteiger partial charge < -0.3 is 14.0 Å². The van der Waals surface area contributed by atoms with E-state index in [1.807, 2.05) is 29.7 Å². The molecule has 0 amide bonds. The van der Waals surface area contributed by atoms with Gasteiger partial charge in [0.2, 0.25) is 0 Å².